The van der Waals surface area contributed by atoms with Crippen molar-refractivity contribution in [1.29, 1.82) is 0 Å². The largest absolute Gasteiger partial charge is 0.492 e. The highest BCUT2D eigenvalue weighted by Crippen LogP contribution is 2.18. The molecule has 1 heterocycles. The first-order valence-corrected chi connectivity index (χ1v) is 6.12. The molecule has 19 heavy (non-hydrogen) atoms. The number of nitrogens with two attached hydrogens (primary N) is 1. The minimum Gasteiger partial charge on any atom is -0.492 e. The van der Waals surface area contributed by atoms with Gasteiger partial charge in [-0.05, 0) is 24.3 Å². The molecule has 5 nitrogen and oxygen atoms in total. The zero-order valence-corrected chi connectivity index (χ0v) is 10.9. The van der Waals surface area contributed by atoms with Gasteiger partial charge in [-0.1, -0.05) is 6.07 Å². The van der Waals surface area contributed by atoms with Gasteiger partial charge >= 0.3 is 0 Å². The predicted octanol–water partition coefficient (Wildman–Crippen LogP) is 1.03. The van der Waals surface area contributed by atoms with Gasteiger partial charge in [0.15, 0.2) is 0 Å². The Balaban J connectivity index is 1.93. The van der Waals surface area contributed by atoms with E-state index in [1.165, 1.54) is 0 Å². The molecule has 2 rings (SSSR count). The molecule has 0 aliphatic rings. The molecule has 0 bridgehead atoms. The van der Waals surface area contributed by atoms with E-state index in [4.69, 9.17) is 10.5 Å². The highest BCUT2D eigenvalue weighted by molar-refractivity contribution is 5.79. The molecule has 0 radical (unpaired) electrons. The van der Waals surface area contributed by atoms with E-state index in [-0.39, 0.29) is 12.5 Å². The molecule has 1 aromatic heterocycles. The number of carbonyl (C=O) groups excluding carboxylic acids is 1. The Bertz CT molecular complexity index is 571. The molecule has 0 fully saturated rings. The van der Waals surface area contributed by atoms with E-state index >= 15 is 0 Å². The van der Waals surface area contributed by atoms with Crippen LogP contribution in [0, 0.1) is 0 Å². The van der Waals surface area contributed by atoms with Crippen LogP contribution in [0.1, 0.15) is 0 Å². The highest BCUT2D eigenvalue weighted by Gasteiger charge is 2.05. The van der Waals surface area contributed by atoms with Gasteiger partial charge in [0.05, 0.1) is 18.6 Å². The Morgan fingerprint density at radius 1 is 1.42 bits per heavy atom. The van der Waals surface area contributed by atoms with Crippen molar-refractivity contribution < 1.29 is 9.53 Å². The minimum absolute atomic E-state index is 0.0259. The summed E-state index contributed by atoms with van der Waals surface area (Å²) in [4.78, 5) is 17.1. The van der Waals surface area contributed by atoms with Gasteiger partial charge < -0.3 is 15.4 Å². The molecule has 0 saturated heterocycles. The molecule has 1 amide bonds. The van der Waals surface area contributed by atoms with Crippen LogP contribution in [0.25, 0.3) is 10.9 Å². The van der Waals surface area contributed by atoms with E-state index in [1.807, 2.05) is 30.3 Å². The quantitative estimate of drug-likeness (QED) is 0.870. The lowest BCUT2D eigenvalue weighted by Crippen LogP contribution is -2.35. The summed E-state index contributed by atoms with van der Waals surface area (Å²) in [5.74, 6) is 0.681. The molecule has 1 aromatic carbocycles. The van der Waals surface area contributed by atoms with Crippen LogP contribution < -0.4 is 10.5 Å². The average molecular weight is 259 g/mol. The molecular weight excluding hydrogens is 242 g/mol. The van der Waals surface area contributed by atoms with Gasteiger partial charge in [-0.3, -0.25) is 9.78 Å². The van der Waals surface area contributed by atoms with Crippen molar-refractivity contribution in [2.24, 2.45) is 5.73 Å². The first kappa shape index (κ1) is 13.3. The summed E-state index contributed by atoms with van der Waals surface area (Å²) >= 11 is 0. The van der Waals surface area contributed by atoms with E-state index in [9.17, 15) is 4.79 Å². The maximum Gasteiger partial charge on any atom is 0.236 e. The van der Waals surface area contributed by atoms with Gasteiger partial charge in [0.25, 0.3) is 0 Å². The van der Waals surface area contributed by atoms with E-state index in [1.54, 1.807) is 18.1 Å². The smallest absolute Gasteiger partial charge is 0.236 e. The molecule has 2 N–H and O–H groups in total. The molecule has 0 saturated carbocycles. The minimum atomic E-state index is -0.0914. The fraction of sp³-hybridized carbons (Fsp3) is 0.286. The maximum atomic E-state index is 11.3. The first-order chi connectivity index (χ1) is 9.20. The number of benzene rings is 1. The Morgan fingerprint density at radius 3 is 3.05 bits per heavy atom. The number of hydrogen-bond acceptors (Lipinski definition) is 4. The normalized spacial score (nSPS) is 10.4. The zero-order chi connectivity index (χ0) is 13.7. The second kappa shape index (κ2) is 6.15. The SMILES string of the molecule is CN(CCOc1ccc2ncccc2c1)C(=O)CN. The standard InChI is InChI=1S/C14H17N3O2/c1-17(14(18)10-15)7-8-19-12-4-5-13-11(9-12)3-2-6-16-13/h2-6,9H,7-8,10,15H2,1H3. The number of pyridine rings is 1. The summed E-state index contributed by atoms with van der Waals surface area (Å²) in [6.07, 6.45) is 1.76. The first-order valence-electron chi connectivity index (χ1n) is 6.12. The second-order valence-corrected chi connectivity index (χ2v) is 4.23. The summed E-state index contributed by atoms with van der Waals surface area (Å²) in [6, 6.07) is 9.60. The Labute approximate surface area is 112 Å². The van der Waals surface area contributed by atoms with Crippen LogP contribution in [0.5, 0.6) is 5.75 Å². The number of fused-ring (bicyclic) bond motifs is 1. The average Bonchev–Trinajstić information content (AvgIpc) is 2.46. The summed E-state index contributed by atoms with van der Waals surface area (Å²) < 4.78 is 5.62. The number of carbonyl (C=O) groups is 1. The third-order valence-corrected chi connectivity index (χ3v) is 2.87. The number of likely N-dealkylation sites (N-methyl/N-ethyl adjacent to an activating group) is 1. The molecule has 0 aliphatic carbocycles. The number of aromatic nitrogens is 1. The van der Waals surface area contributed by atoms with Crippen LogP contribution in [0.2, 0.25) is 0 Å². The summed E-state index contributed by atoms with van der Waals surface area (Å²) in [7, 11) is 1.71. The van der Waals surface area contributed by atoms with Gasteiger partial charge in [-0.2, -0.15) is 0 Å². The van der Waals surface area contributed by atoms with E-state index in [0.29, 0.717) is 13.2 Å². The topological polar surface area (TPSA) is 68.5 Å². The monoisotopic (exact) mass is 259 g/mol. The summed E-state index contributed by atoms with van der Waals surface area (Å²) in [5, 5.41) is 1.03. The van der Waals surface area contributed by atoms with Crippen molar-refractivity contribution >= 4 is 16.8 Å². The molecule has 0 spiro atoms. The van der Waals surface area contributed by atoms with Crippen molar-refractivity contribution in [3.63, 3.8) is 0 Å². The molecule has 5 heteroatoms. The molecule has 0 aliphatic heterocycles. The number of nitrogens with zero attached hydrogens (tertiary/aromatic N) is 2. The Morgan fingerprint density at radius 2 is 2.26 bits per heavy atom. The number of hydrogen-bond donors (Lipinski definition) is 1. The molecule has 0 unspecified atom stereocenters. The van der Waals surface area contributed by atoms with Crippen molar-refractivity contribution in [1.82, 2.24) is 9.88 Å². The second-order valence-electron chi connectivity index (χ2n) is 4.23. The molecule has 2 aromatic rings. The highest BCUT2D eigenvalue weighted by atomic mass is 16.5. The van der Waals surface area contributed by atoms with Crippen LogP contribution >= 0.6 is 0 Å². The van der Waals surface area contributed by atoms with Crippen LogP contribution in [0.3, 0.4) is 0 Å². The molecule has 0 atom stereocenters. The van der Waals surface area contributed by atoms with E-state index < -0.39 is 0 Å². The number of rotatable bonds is 5. The third kappa shape index (κ3) is 3.42. The fourth-order valence-electron chi connectivity index (χ4n) is 1.72. The van der Waals surface area contributed by atoms with Gasteiger partial charge in [0, 0.05) is 18.6 Å². The lowest BCUT2D eigenvalue weighted by molar-refractivity contribution is -0.128. The zero-order valence-electron chi connectivity index (χ0n) is 10.9. The predicted molar refractivity (Wildman–Crippen MR) is 73.9 cm³/mol. The van der Waals surface area contributed by atoms with Crippen molar-refractivity contribution in [2.45, 2.75) is 0 Å². The molecular formula is C14H17N3O2. The van der Waals surface area contributed by atoms with E-state index in [2.05, 4.69) is 4.98 Å². The lowest BCUT2D eigenvalue weighted by Gasteiger charge is -2.16. The van der Waals surface area contributed by atoms with Gasteiger partial charge in [0.1, 0.15) is 12.4 Å². The fourth-order valence-corrected chi connectivity index (χ4v) is 1.72. The van der Waals surface area contributed by atoms with Crippen molar-refractivity contribution in [3.8, 4) is 5.75 Å². The Kier molecular flexibility index (Phi) is 4.30. The van der Waals surface area contributed by atoms with E-state index in [0.717, 1.165) is 16.7 Å². The van der Waals surface area contributed by atoms with Crippen molar-refractivity contribution in [2.75, 3.05) is 26.7 Å². The van der Waals surface area contributed by atoms with Crippen LogP contribution in [0.15, 0.2) is 36.5 Å². The molecule has 100 valence electrons. The lowest BCUT2D eigenvalue weighted by atomic mass is 10.2. The van der Waals surface area contributed by atoms with Gasteiger partial charge in [-0.25, -0.2) is 0 Å². The van der Waals surface area contributed by atoms with Gasteiger partial charge in [-0.15, -0.1) is 0 Å². The maximum absolute atomic E-state index is 11.3. The number of amides is 1. The third-order valence-electron chi connectivity index (χ3n) is 2.87. The van der Waals surface area contributed by atoms with Crippen LogP contribution in [-0.2, 0) is 4.79 Å². The van der Waals surface area contributed by atoms with Gasteiger partial charge in [0.2, 0.25) is 5.91 Å². The number of ether oxygens (including phenoxy) is 1. The van der Waals surface area contributed by atoms with Crippen LogP contribution in [0.4, 0.5) is 0 Å². The van der Waals surface area contributed by atoms with Crippen LogP contribution in [-0.4, -0.2) is 42.5 Å². The Hall–Kier alpha value is -2.14. The summed E-state index contributed by atoms with van der Waals surface area (Å²) in [5.41, 5.74) is 6.21. The summed E-state index contributed by atoms with van der Waals surface area (Å²) in [6.45, 7) is 0.979. The van der Waals surface area contributed by atoms with Crippen molar-refractivity contribution in [3.05, 3.63) is 36.5 Å².